The molecule has 0 saturated carbocycles. The smallest absolute Gasteiger partial charge is 0.243 e. The topological polar surface area (TPSA) is 73.6 Å². The third-order valence-electron chi connectivity index (χ3n) is 4.60. The summed E-state index contributed by atoms with van der Waals surface area (Å²) in [6, 6.07) is 14.4. The van der Waals surface area contributed by atoms with Gasteiger partial charge in [-0.2, -0.15) is 9.57 Å². The Morgan fingerprint density at radius 1 is 1.04 bits per heavy atom. The molecule has 1 heterocycles. The Labute approximate surface area is 154 Å². The summed E-state index contributed by atoms with van der Waals surface area (Å²) in [6.45, 7) is 3.90. The normalized spacial score (nSPS) is 15.5. The molecule has 0 aliphatic carbocycles. The van der Waals surface area contributed by atoms with Crippen LogP contribution in [0.5, 0.6) is 5.75 Å². The summed E-state index contributed by atoms with van der Waals surface area (Å²) in [5.41, 5.74) is 2.41. The molecule has 2 aromatic carbocycles. The lowest BCUT2D eigenvalue weighted by Gasteiger charge is -2.35. The minimum absolute atomic E-state index is 0.294. The maximum atomic E-state index is 12.9. The van der Waals surface area contributed by atoms with Gasteiger partial charge in [-0.05, 0) is 55.0 Å². The molecule has 3 rings (SSSR count). The molecular formula is C19H21N3O3S. The van der Waals surface area contributed by atoms with E-state index in [4.69, 9.17) is 10.00 Å². The van der Waals surface area contributed by atoms with Gasteiger partial charge in [0.05, 0.1) is 23.6 Å². The van der Waals surface area contributed by atoms with Crippen LogP contribution in [0.3, 0.4) is 0 Å². The lowest BCUT2D eigenvalue weighted by molar-refractivity contribution is 0.384. The number of ether oxygens (including phenoxy) is 1. The zero-order valence-corrected chi connectivity index (χ0v) is 15.7. The predicted molar refractivity (Wildman–Crippen MR) is 99.9 cm³/mol. The molecule has 0 spiro atoms. The molecule has 1 aliphatic heterocycles. The van der Waals surface area contributed by atoms with E-state index in [1.807, 2.05) is 19.1 Å². The lowest BCUT2D eigenvalue weighted by atomic mass is 10.2. The van der Waals surface area contributed by atoms with Gasteiger partial charge in [0.25, 0.3) is 0 Å². The van der Waals surface area contributed by atoms with Crippen LogP contribution in [0.25, 0.3) is 0 Å². The Bertz CT molecular complexity index is 925. The molecule has 0 amide bonds. The first-order valence-corrected chi connectivity index (χ1v) is 9.79. The van der Waals surface area contributed by atoms with Crippen molar-refractivity contribution < 1.29 is 13.2 Å². The number of methoxy groups -OCH3 is 1. The standard InChI is InChI=1S/C19H21N3O3S/c1-15-13-18(7-8-19(15)25-2)26(23,24)22-11-9-21(10-12-22)17-5-3-16(14-20)4-6-17/h3-8,13H,9-12H2,1-2H3. The predicted octanol–water partition coefficient (Wildman–Crippen LogP) is 2.39. The van der Waals surface area contributed by atoms with Gasteiger partial charge in [-0.25, -0.2) is 8.42 Å². The monoisotopic (exact) mass is 371 g/mol. The minimum atomic E-state index is -3.52. The van der Waals surface area contributed by atoms with E-state index < -0.39 is 10.0 Å². The second-order valence-corrected chi connectivity index (χ2v) is 8.12. The van der Waals surface area contributed by atoms with E-state index in [0.717, 1.165) is 11.3 Å². The molecule has 7 heteroatoms. The fourth-order valence-electron chi connectivity index (χ4n) is 3.09. The van der Waals surface area contributed by atoms with Crippen molar-refractivity contribution in [2.24, 2.45) is 0 Å². The van der Waals surface area contributed by atoms with E-state index in [9.17, 15) is 8.42 Å². The van der Waals surface area contributed by atoms with Gasteiger partial charge in [0.2, 0.25) is 10.0 Å². The summed E-state index contributed by atoms with van der Waals surface area (Å²) < 4.78 is 32.5. The van der Waals surface area contributed by atoms with Crippen molar-refractivity contribution in [2.75, 3.05) is 38.2 Å². The number of nitrogens with zero attached hydrogens (tertiary/aromatic N) is 3. The largest absolute Gasteiger partial charge is 0.496 e. The summed E-state index contributed by atoms with van der Waals surface area (Å²) in [7, 11) is -1.95. The molecule has 0 aromatic heterocycles. The van der Waals surface area contributed by atoms with Crippen LogP contribution in [-0.2, 0) is 10.0 Å². The average Bonchev–Trinajstić information content (AvgIpc) is 2.68. The van der Waals surface area contributed by atoms with E-state index in [2.05, 4.69) is 11.0 Å². The number of aryl methyl sites for hydroxylation is 1. The van der Waals surface area contributed by atoms with Gasteiger partial charge in [0, 0.05) is 31.9 Å². The highest BCUT2D eigenvalue weighted by molar-refractivity contribution is 7.89. The number of sulfonamides is 1. The Balaban J connectivity index is 1.72. The first kappa shape index (κ1) is 18.2. The van der Waals surface area contributed by atoms with E-state index in [1.54, 1.807) is 37.4 Å². The van der Waals surface area contributed by atoms with Crippen molar-refractivity contribution >= 4 is 15.7 Å². The zero-order chi connectivity index (χ0) is 18.7. The summed E-state index contributed by atoms with van der Waals surface area (Å²) in [4.78, 5) is 2.43. The number of hydrogen-bond donors (Lipinski definition) is 0. The molecule has 6 nitrogen and oxygen atoms in total. The van der Waals surface area contributed by atoms with E-state index in [0.29, 0.717) is 42.4 Å². The highest BCUT2D eigenvalue weighted by atomic mass is 32.2. The van der Waals surface area contributed by atoms with Crippen molar-refractivity contribution in [1.29, 1.82) is 5.26 Å². The molecule has 0 unspecified atom stereocenters. The Hall–Kier alpha value is -2.56. The van der Waals surface area contributed by atoms with E-state index in [1.165, 1.54) is 4.31 Å². The van der Waals surface area contributed by atoms with Gasteiger partial charge in [-0.1, -0.05) is 0 Å². The zero-order valence-electron chi connectivity index (χ0n) is 14.8. The van der Waals surface area contributed by atoms with Crippen molar-refractivity contribution in [2.45, 2.75) is 11.8 Å². The molecule has 1 fully saturated rings. The third-order valence-corrected chi connectivity index (χ3v) is 6.50. The SMILES string of the molecule is COc1ccc(S(=O)(=O)N2CCN(c3ccc(C#N)cc3)CC2)cc1C. The van der Waals surface area contributed by atoms with Crippen LogP contribution < -0.4 is 9.64 Å². The van der Waals surface area contributed by atoms with Crippen molar-refractivity contribution in [3.63, 3.8) is 0 Å². The van der Waals surface area contributed by atoms with Gasteiger partial charge >= 0.3 is 0 Å². The van der Waals surface area contributed by atoms with Crippen molar-refractivity contribution in [3.8, 4) is 11.8 Å². The molecule has 2 aromatic rings. The van der Waals surface area contributed by atoms with Gasteiger partial charge in [0.1, 0.15) is 5.75 Å². The molecule has 0 radical (unpaired) electrons. The maximum Gasteiger partial charge on any atom is 0.243 e. The van der Waals surface area contributed by atoms with Crippen molar-refractivity contribution in [1.82, 2.24) is 4.31 Å². The summed E-state index contributed by atoms with van der Waals surface area (Å²) >= 11 is 0. The van der Waals surface area contributed by atoms with Crippen LogP contribution in [0.4, 0.5) is 5.69 Å². The fraction of sp³-hybridized carbons (Fsp3) is 0.316. The van der Waals surface area contributed by atoms with Crippen LogP contribution in [0.15, 0.2) is 47.4 Å². The van der Waals surface area contributed by atoms with Crippen molar-refractivity contribution in [3.05, 3.63) is 53.6 Å². The molecule has 1 aliphatic rings. The fourth-order valence-corrected chi connectivity index (χ4v) is 4.60. The molecule has 1 saturated heterocycles. The maximum absolute atomic E-state index is 12.9. The Morgan fingerprint density at radius 2 is 1.69 bits per heavy atom. The highest BCUT2D eigenvalue weighted by Gasteiger charge is 2.29. The molecule has 0 bridgehead atoms. The first-order chi connectivity index (χ1) is 12.5. The third kappa shape index (κ3) is 3.52. The summed E-state index contributed by atoms with van der Waals surface area (Å²) in [5, 5.41) is 8.88. The number of piperazine rings is 1. The number of rotatable bonds is 4. The number of hydrogen-bond acceptors (Lipinski definition) is 5. The first-order valence-electron chi connectivity index (χ1n) is 8.35. The summed E-state index contributed by atoms with van der Waals surface area (Å²) in [6.07, 6.45) is 0. The Kier molecular flexibility index (Phi) is 5.16. The second-order valence-electron chi connectivity index (χ2n) is 6.18. The number of benzene rings is 2. The van der Waals surface area contributed by atoms with Crippen LogP contribution in [0, 0.1) is 18.3 Å². The van der Waals surface area contributed by atoms with Gasteiger partial charge < -0.3 is 9.64 Å². The van der Waals surface area contributed by atoms with Crippen LogP contribution in [0.1, 0.15) is 11.1 Å². The van der Waals surface area contributed by atoms with Crippen LogP contribution in [-0.4, -0.2) is 46.0 Å². The number of nitriles is 1. The van der Waals surface area contributed by atoms with Gasteiger partial charge in [-0.3, -0.25) is 0 Å². The van der Waals surface area contributed by atoms with E-state index >= 15 is 0 Å². The van der Waals surface area contributed by atoms with Crippen LogP contribution in [0.2, 0.25) is 0 Å². The molecule has 0 atom stereocenters. The minimum Gasteiger partial charge on any atom is -0.496 e. The molecule has 26 heavy (non-hydrogen) atoms. The van der Waals surface area contributed by atoms with E-state index in [-0.39, 0.29) is 0 Å². The Morgan fingerprint density at radius 3 is 2.23 bits per heavy atom. The van der Waals surface area contributed by atoms with Gasteiger partial charge in [0.15, 0.2) is 0 Å². The lowest BCUT2D eigenvalue weighted by Crippen LogP contribution is -2.48. The summed E-state index contributed by atoms with van der Waals surface area (Å²) in [5.74, 6) is 0.676. The van der Waals surface area contributed by atoms with Crippen LogP contribution >= 0.6 is 0 Å². The molecular weight excluding hydrogens is 350 g/mol. The molecule has 136 valence electrons. The average molecular weight is 371 g/mol. The highest BCUT2D eigenvalue weighted by Crippen LogP contribution is 2.25. The second kappa shape index (κ2) is 7.36. The quantitative estimate of drug-likeness (QED) is 0.825. The number of anilines is 1. The molecule has 0 N–H and O–H groups in total. The van der Waals surface area contributed by atoms with Gasteiger partial charge in [-0.15, -0.1) is 0 Å².